The zero-order valence-corrected chi connectivity index (χ0v) is 20.0. The molecule has 190 valence electrons. The van der Waals surface area contributed by atoms with E-state index in [-0.39, 0.29) is 12.4 Å². The van der Waals surface area contributed by atoms with Crippen LogP contribution >= 0.6 is 0 Å². The van der Waals surface area contributed by atoms with E-state index in [4.69, 9.17) is 4.74 Å². The Labute approximate surface area is 202 Å². The molecule has 2 saturated heterocycles. The number of methoxy groups -OCH3 is 1. The molecule has 4 heterocycles. The monoisotopic (exact) mass is 492 g/mol. The maximum atomic E-state index is 13.3. The molecule has 0 bridgehead atoms. The fourth-order valence-corrected chi connectivity index (χ4v) is 4.44. The van der Waals surface area contributed by atoms with Crippen LogP contribution in [0.2, 0.25) is 0 Å². The number of ether oxygens (including phenoxy) is 1. The molecule has 0 aromatic carbocycles. The van der Waals surface area contributed by atoms with Crippen LogP contribution in [0.4, 0.5) is 35.3 Å². The topological polar surface area (TPSA) is 82.6 Å². The first kappa shape index (κ1) is 24.9. The highest BCUT2D eigenvalue weighted by Crippen LogP contribution is 2.33. The third kappa shape index (κ3) is 6.07. The van der Waals surface area contributed by atoms with Crippen LogP contribution in [0.3, 0.4) is 0 Å². The lowest BCUT2D eigenvalue weighted by atomic mass is 9.99. The van der Waals surface area contributed by atoms with Crippen molar-refractivity contribution in [3.63, 3.8) is 0 Å². The van der Waals surface area contributed by atoms with Crippen LogP contribution in [0.1, 0.15) is 43.9 Å². The summed E-state index contributed by atoms with van der Waals surface area (Å²) in [6.07, 6.45) is 1.00. The summed E-state index contributed by atoms with van der Waals surface area (Å²) in [4.78, 5) is 25.0. The Morgan fingerprint density at radius 1 is 1.11 bits per heavy atom. The summed E-state index contributed by atoms with van der Waals surface area (Å²) >= 11 is 0. The first-order valence-electron chi connectivity index (χ1n) is 11.9. The van der Waals surface area contributed by atoms with E-state index in [2.05, 4.69) is 32.4 Å². The van der Waals surface area contributed by atoms with E-state index in [1.165, 1.54) is 6.07 Å². The second-order valence-electron chi connectivity index (χ2n) is 9.10. The molecule has 0 spiro atoms. The number of carbonyl (C=O) groups excluding carboxylic acids is 1. The Morgan fingerprint density at radius 2 is 1.80 bits per heavy atom. The van der Waals surface area contributed by atoms with Gasteiger partial charge >= 0.3 is 12.2 Å². The lowest BCUT2D eigenvalue weighted by molar-refractivity contribution is -0.141. The number of piperidine rings is 1. The predicted octanol–water partition coefficient (Wildman–Crippen LogP) is 4.66. The van der Waals surface area contributed by atoms with E-state index in [1.807, 2.05) is 4.90 Å². The van der Waals surface area contributed by atoms with Crippen LogP contribution < -0.4 is 25.2 Å². The molecule has 0 unspecified atom stereocenters. The van der Waals surface area contributed by atoms with Crippen molar-refractivity contribution in [3.8, 4) is 5.75 Å². The van der Waals surface area contributed by atoms with Crippen LogP contribution in [-0.2, 0) is 12.7 Å². The molecule has 2 aliphatic rings. The summed E-state index contributed by atoms with van der Waals surface area (Å²) in [5.74, 6) is 2.10. The number of amides is 2. The van der Waals surface area contributed by atoms with Crippen LogP contribution in [0.25, 0.3) is 0 Å². The van der Waals surface area contributed by atoms with Crippen molar-refractivity contribution in [2.24, 2.45) is 5.92 Å². The zero-order valence-electron chi connectivity index (χ0n) is 20.0. The van der Waals surface area contributed by atoms with Gasteiger partial charge in [-0.1, -0.05) is 13.0 Å². The maximum absolute atomic E-state index is 13.3. The second-order valence-corrected chi connectivity index (χ2v) is 9.10. The molecule has 0 saturated carbocycles. The third-order valence-electron chi connectivity index (χ3n) is 6.49. The molecule has 2 aliphatic heterocycles. The molecule has 2 fully saturated rings. The summed E-state index contributed by atoms with van der Waals surface area (Å²) in [5, 5.41) is 5.44. The first-order chi connectivity index (χ1) is 16.7. The van der Waals surface area contributed by atoms with E-state index in [9.17, 15) is 18.0 Å². The molecular weight excluding hydrogens is 461 g/mol. The van der Waals surface area contributed by atoms with Gasteiger partial charge in [-0.25, -0.2) is 14.8 Å². The second kappa shape index (κ2) is 10.6. The number of nitrogens with zero attached hydrogens (tertiary/aromatic N) is 4. The number of alkyl halides is 3. The quantitative estimate of drug-likeness (QED) is 0.610. The van der Waals surface area contributed by atoms with Crippen LogP contribution in [0, 0.1) is 5.92 Å². The summed E-state index contributed by atoms with van der Waals surface area (Å²) in [7, 11) is 1.56. The van der Waals surface area contributed by atoms with Gasteiger partial charge in [0.15, 0.2) is 11.6 Å². The molecule has 11 heteroatoms. The first-order valence-corrected chi connectivity index (χ1v) is 11.9. The van der Waals surface area contributed by atoms with Crippen LogP contribution in [0.5, 0.6) is 5.75 Å². The standard InChI is InChI=1S/C24H31F3N6O2/c1-16-7-11-33(12-8-16)21-17(5-6-20(31-21)24(25,26)27)14-29-23(34)30-18-13-19(35-2)22(28-15-18)32-9-3-4-10-32/h5-6,13,15-16H,3-4,7-12,14H2,1-2H3,(H2,29,30,34). The largest absolute Gasteiger partial charge is 0.493 e. The van der Waals surface area contributed by atoms with Gasteiger partial charge in [0.25, 0.3) is 0 Å². The molecule has 2 aromatic heterocycles. The summed E-state index contributed by atoms with van der Waals surface area (Å²) in [5.41, 5.74) is 0.0523. The number of hydrogen-bond acceptors (Lipinski definition) is 6. The van der Waals surface area contributed by atoms with E-state index in [0.717, 1.165) is 50.7 Å². The molecule has 4 rings (SSSR count). The predicted molar refractivity (Wildman–Crippen MR) is 128 cm³/mol. The molecular formula is C24H31F3N6O2. The maximum Gasteiger partial charge on any atom is 0.433 e. The molecule has 2 aromatic rings. The van der Waals surface area contributed by atoms with Gasteiger partial charge in [-0.3, -0.25) is 0 Å². The van der Waals surface area contributed by atoms with E-state index in [0.29, 0.717) is 36.0 Å². The van der Waals surface area contributed by atoms with Gasteiger partial charge in [-0.15, -0.1) is 0 Å². The number of rotatable bonds is 6. The van der Waals surface area contributed by atoms with Gasteiger partial charge in [-0.2, -0.15) is 13.2 Å². The minimum Gasteiger partial charge on any atom is -0.493 e. The molecule has 2 N–H and O–H groups in total. The Balaban J connectivity index is 1.44. The lowest BCUT2D eigenvalue weighted by Gasteiger charge is -2.33. The summed E-state index contributed by atoms with van der Waals surface area (Å²) < 4.78 is 45.3. The van der Waals surface area contributed by atoms with Crippen molar-refractivity contribution < 1.29 is 22.7 Å². The Bertz CT molecular complexity index is 1030. The smallest absolute Gasteiger partial charge is 0.433 e. The van der Waals surface area contributed by atoms with Crippen molar-refractivity contribution in [1.82, 2.24) is 15.3 Å². The van der Waals surface area contributed by atoms with Crippen molar-refractivity contribution in [3.05, 3.63) is 35.7 Å². The third-order valence-corrected chi connectivity index (χ3v) is 6.49. The molecule has 0 atom stereocenters. The lowest BCUT2D eigenvalue weighted by Crippen LogP contribution is -2.35. The molecule has 0 radical (unpaired) electrons. The summed E-state index contributed by atoms with van der Waals surface area (Å²) in [6.45, 7) is 5.25. The zero-order chi connectivity index (χ0) is 25.0. The molecule has 0 aliphatic carbocycles. The Morgan fingerprint density at radius 3 is 2.46 bits per heavy atom. The van der Waals surface area contributed by atoms with Gasteiger partial charge < -0.3 is 25.2 Å². The average Bonchev–Trinajstić information content (AvgIpc) is 3.37. The SMILES string of the molecule is COc1cc(NC(=O)NCc2ccc(C(F)(F)F)nc2N2CCC(C)CC2)cnc1N1CCCC1. The van der Waals surface area contributed by atoms with E-state index < -0.39 is 17.9 Å². The van der Waals surface area contributed by atoms with Crippen molar-refractivity contribution in [2.45, 2.75) is 45.3 Å². The number of nitrogens with one attached hydrogen (secondary N) is 2. The Hall–Kier alpha value is -3.24. The van der Waals surface area contributed by atoms with Crippen molar-refractivity contribution in [2.75, 3.05) is 48.4 Å². The summed E-state index contributed by atoms with van der Waals surface area (Å²) in [6, 6.07) is 3.55. The minimum atomic E-state index is -4.53. The molecule has 2 amide bonds. The van der Waals surface area contributed by atoms with Crippen LogP contribution in [-0.4, -0.2) is 49.3 Å². The number of hydrogen-bond donors (Lipinski definition) is 2. The minimum absolute atomic E-state index is 0.0365. The van der Waals surface area contributed by atoms with Gasteiger partial charge in [0.05, 0.1) is 19.0 Å². The van der Waals surface area contributed by atoms with Crippen LogP contribution in [0.15, 0.2) is 24.4 Å². The van der Waals surface area contributed by atoms with Gasteiger partial charge in [0.2, 0.25) is 0 Å². The van der Waals surface area contributed by atoms with E-state index >= 15 is 0 Å². The molecule has 8 nitrogen and oxygen atoms in total. The number of pyridine rings is 2. The number of aromatic nitrogens is 2. The number of anilines is 3. The van der Waals surface area contributed by atoms with Gasteiger partial charge in [0, 0.05) is 44.4 Å². The number of halogens is 3. The normalized spacial score (nSPS) is 16.9. The Kier molecular flexibility index (Phi) is 7.51. The fourth-order valence-electron chi connectivity index (χ4n) is 4.44. The highest BCUT2D eigenvalue weighted by Gasteiger charge is 2.34. The fraction of sp³-hybridized carbons (Fsp3) is 0.542. The van der Waals surface area contributed by atoms with E-state index in [1.54, 1.807) is 19.4 Å². The van der Waals surface area contributed by atoms with Crippen molar-refractivity contribution in [1.29, 1.82) is 0 Å². The van der Waals surface area contributed by atoms with Gasteiger partial charge in [-0.05, 0) is 37.7 Å². The average molecular weight is 493 g/mol. The number of carbonyl (C=O) groups is 1. The van der Waals surface area contributed by atoms with Crippen molar-refractivity contribution >= 4 is 23.4 Å². The highest BCUT2D eigenvalue weighted by atomic mass is 19.4. The number of urea groups is 1. The van der Waals surface area contributed by atoms with Gasteiger partial charge in [0.1, 0.15) is 11.5 Å². The molecule has 35 heavy (non-hydrogen) atoms. The highest BCUT2D eigenvalue weighted by molar-refractivity contribution is 5.89.